The molecule has 5 heteroatoms. The van der Waals surface area contributed by atoms with Crippen molar-refractivity contribution >= 4 is 11.8 Å². The Balaban J connectivity index is 2.06. The molecule has 3 rings (SSSR count). The number of hydrogen-bond donors (Lipinski definition) is 3. The summed E-state index contributed by atoms with van der Waals surface area (Å²) >= 11 is 0. The lowest BCUT2D eigenvalue weighted by molar-refractivity contribution is -0.140. The van der Waals surface area contributed by atoms with Crippen LogP contribution in [0.25, 0.3) is 0 Å². The molecule has 3 N–H and O–H groups in total. The van der Waals surface area contributed by atoms with Crippen LogP contribution in [-0.2, 0) is 16.8 Å². The van der Waals surface area contributed by atoms with Crippen molar-refractivity contribution in [2.75, 3.05) is 0 Å². The van der Waals surface area contributed by atoms with E-state index in [4.69, 9.17) is 0 Å². The predicted molar refractivity (Wildman–Crippen MR) is 74.6 cm³/mol. The molecule has 1 atom stereocenters. The number of phenols is 1. The van der Waals surface area contributed by atoms with E-state index < -0.39 is 17.4 Å². The number of hydrogen-bond acceptors (Lipinski definition) is 4. The maximum Gasteiger partial charge on any atom is 0.263 e. The van der Waals surface area contributed by atoms with E-state index in [1.165, 1.54) is 12.1 Å². The van der Waals surface area contributed by atoms with Gasteiger partial charge in [-0.15, -0.1) is 0 Å². The van der Waals surface area contributed by atoms with Crippen LogP contribution in [0, 0.1) is 0 Å². The Morgan fingerprint density at radius 2 is 1.67 bits per heavy atom. The van der Waals surface area contributed by atoms with Crippen LogP contribution in [0.15, 0.2) is 48.5 Å². The number of phenolic OH excluding ortho intramolecular Hbond substituents is 1. The summed E-state index contributed by atoms with van der Waals surface area (Å²) in [5, 5.41) is 22.3. The average Bonchev–Trinajstić information content (AvgIpc) is 2.48. The Morgan fingerprint density at radius 1 is 1.00 bits per heavy atom. The van der Waals surface area contributed by atoms with E-state index in [-0.39, 0.29) is 12.2 Å². The monoisotopic (exact) mass is 283 g/mol. The van der Waals surface area contributed by atoms with Crippen molar-refractivity contribution in [1.82, 2.24) is 5.32 Å². The number of rotatable bonds is 2. The molecule has 0 saturated carbocycles. The van der Waals surface area contributed by atoms with Crippen LogP contribution in [0.2, 0.25) is 0 Å². The van der Waals surface area contributed by atoms with Gasteiger partial charge >= 0.3 is 0 Å². The summed E-state index contributed by atoms with van der Waals surface area (Å²) < 4.78 is 0. The molecule has 0 spiro atoms. The quantitative estimate of drug-likeness (QED) is 0.720. The Hall–Kier alpha value is -2.66. The highest BCUT2D eigenvalue weighted by atomic mass is 16.3. The molecule has 0 saturated heterocycles. The van der Waals surface area contributed by atoms with Gasteiger partial charge in [0.2, 0.25) is 0 Å². The Kier molecular flexibility index (Phi) is 2.99. The fourth-order valence-corrected chi connectivity index (χ4v) is 2.52. The van der Waals surface area contributed by atoms with Gasteiger partial charge in [0.1, 0.15) is 5.75 Å². The second kappa shape index (κ2) is 4.71. The van der Waals surface area contributed by atoms with Gasteiger partial charge in [0.15, 0.2) is 5.60 Å². The molecule has 1 aliphatic rings. The lowest BCUT2D eigenvalue weighted by Gasteiger charge is -2.32. The number of aromatic hydroxyl groups is 1. The average molecular weight is 283 g/mol. The Morgan fingerprint density at radius 3 is 2.38 bits per heavy atom. The number of amides is 2. The van der Waals surface area contributed by atoms with E-state index in [0.717, 1.165) is 0 Å². The van der Waals surface area contributed by atoms with Gasteiger partial charge in [0, 0.05) is 17.5 Å². The van der Waals surface area contributed by atoms with Crippen molar-refractivity contribution < 1.29 is 19.8 Å². The number of imide groups is 1. The van der Waals surface area contributed by atoms with Crippen molar-refractivity contribution in [2.45, 2.75) is 12.0 Å². The number of nitrogens with one attached hydrogen (secondary N) is 1. The summed E-state index contributed by atoms with van der Waals surface area (Å²) in [5.74, 6) is -1.14. The van der Waals surface area contributed by atoms with E-state index in [0.29, 0.717) is 16.7 Å². The number of carbonyl (C=O) groups is 2. The molecule has 0 fully saturated rings. The van der Waals surface area contributed by atoms with Crippen LogP contribution in [0.1, 0.15) is 21.5 Å². The molecule has 1 unspecified atom stereocenters. The van der Waals surface area contributed by atoms with Crippen molar-refractivity contribution in [3.8, 4) is 5.75 Å². The highest BCUT2D eigenvalue weighted by molar-refractivity contribution is 6.12. The van der Waals surface area contributed by atoms with Crippen molar-refractivity contribution in [1.29, 1.82) is 0 Å². The first-order valence-corrected chi connectivity index (χ1v) is 6.46. The summed E-state index contributed by atoms with van der Waals surface area (Å²) in [6, 6.07) is 12.7. The SMILES string of the molecule is O=C1NC(=O)C(O)(Cc2ccc(O)cc2)c2ccccc21. The van der Waals surface area contributed by atoms with Crippen LogP contribution in [0.3, 0.4) is 0 Å². The standard InChI is InChI=1S/C16H13NO4/c18-11-7-5-10(6-8-11)9-16(21)13-4-2-1-3-12(13)14(19)17-15(16)20/h1-8,18,21H,9H2,(H,17,19,20). The third-order valence-electron chi connectivity index (χ3n) is 3.62. The first kappa shape index (κ1) is 13.3. The molecule has 0 aliphatic carbocycles. The maximum atomic E-state index is 12.1. The van der Waals surface area contributed by atoms with Crippen molar-refractivity contribution in [2.24, 2.45) is 0 Å². The highest BCUT2D eigenvalue weighted by Gasteiger charge is 2.45. The van der Waals surface area contributed by atoms with Gasteiger partial charge in [0.05, 0.1) is 0 Å². The molecule has 1 heterocycles. The third-order valence-corrected chi connectivity index (χ3v) is 3.62. The normalized spacial score (nSPS) is 20.8. The largest absolute Gasteiger partial charge is 0.508 e. The second-order valence-electron chi connectivity index (χ2n) is 5.03. The zero-order chi connectivity index (χ0) is 15.0. The minimum Gasteiger partial charge on any atom is -0.508 e. The van der Waals surface area contributed by atoms with E-state index in [1.54, 1.807) is 36.4 Å². The minimum atomic E-state index is -1.80. The van der Waals surface area contributed by atoms with Crippen LogP contribution in [0.4, 0.5) is 0 Å². The molecule has 1 aliphatic heterocycles. The van der Waals surface area contributed by atoms with E-state index in [9.17, 15) is 19.8 Å². The van der Waals surface area contributed by atoms with Crippen LogP contribution >= 0.6 is 0 Å². The molecule has 2 aromatic rings. The number of carbonyl (C=O) groups excluding carboxylic acids is 2. The van der Waals surface area contributed by atoms with Gasteiger partial charge in [-0.05, 0) is 23.8 Å². The lowest BCUT2D eigenvalue weighted by Crippen LogP contribution is -2.53. The van der Waals surface area contributed by atoms with Crippen molar-refractivity contribution in [3.05, 3.63) is 65.2 Å². The van der Waals surface area contributed by atoms with E-state index in [1.807, 2.05) is 0 Å². The molecule has 21 heavy (non-hydrogen) atoms. The molecule has 5 nitrogen and oxygen atoms in total. The van der Waals surface area contributed by atoms with Gasteiger partial charge in [-0.25, -0.2) is 0 Å². The van der Waals surface area contributed by atoms with Crippen molar-refractivity contribution in [3.63, 3.8) is 0 Å². The number of benzene rings is 2. The van der Waals surface area contributed by atoms with Crippen LogP contribution in [0.5, 0.6) is 5.75 Å². The van der Waals surface area contributed by atoms with E-state index >= 15 is 0 Å². The third kappa shape index (κ3) is 2.17. The summed E-state index contributed by atoms with van der Waals surface area (Å²) in [6.45, 7) is 0. The molecule has 0 radical (unpaired) electrons. The molecule has 2 amide bonds. The maximum absolute atomic E-state index is 12.1. The fourth-order valence-electron chi connectivity index (χ4n) is 2.52. The molecule has 0 bridgehead atoms. The highest BCUT2D eigenvalue weighted by Crippen LogP contribution is 2.32. The summed E-state index contributed by atoms with van der Waals surface area (Å²) in [6.07, 6.45) is 0.0173. The first-order valence-electron chi connectivity index (χ1n) is 6.46. The number of aliphatic hydroxyl groups is 1. The molecular weight excluding hydrogens is 270 g/mol. The van der Waals surface area contributed by atoms with Gasteiger partial charge in [-0.3, -0.25) is 14.9 Å². The topological polar surface area (TPSA) is 86.6 Å². The van der Waals surface area contributed by atoms with Gasteiger partial charge in [0.25, 0.3) is 11.8 Å². The molecule has 0 aromatic heterocycles. The van der Waals surface area contributed by atoms with Gasteiger partial charge in [-0.2, -0.15) is 0 Å². The lowest BCUT2D eigenvalue weighted by atomic mass is 9.81. The second-order valence-corrected chi connectivity index (χ2v) is 5.03. The smallest absolute Gasteiger partial charge is 0.263 e. The number of fused-ring (bicyclic) bond motifs is 1. The van der Waals surface area contributed by atoms with E-state index in [2.05, 4.69) is 5.32 Å². The zero-order valence-corrected chi connectivity index (χ0v) is 11.0. The van der Waals surface area contributed by atoms with Crippen LogP contribution in [-0.4, -0.2) is 22.0 Å². The van der Waals surface area contributed by atoms with Gasteiger partial charge < -0.3 is 10.2 Å². The zero-order valence-electron chi connectivity index (χ0n) is 11.0. The predicted octanol–water partition coefficient (Wildman–Crippen LogP) is 1.09. The summed E-state index contributed by atoms with van der Waals surface area (Å²) in [5.41, 5.74) is -0.540. The molecule has 2 aromatic carbocycles. The summed E-state index contributed by atoms with van der Waals surface area (Å²) in [7, 11) is 0. The molecular formula is C16H13NO4. The minimum absolute atomic E-state index is 0.0173. The Labute approximate surface area is 120 Å². The van der Waals surface area contributed by atoms with Gasteiger partial charge in [-0.1, -0.05) is 30.3 Å². The summed E-state index contributed by atoms with van der Waals surface area (Å²) in [4.78, 5) is 23.9. The van der Waals surface area contributed by atoms with Crippen LogP contribution < -0.4 is 5.32 Å². The first-order chi connectivity index (χ1) is 10.0. The molecule has 106 valence electrons. The fraction of sp³-hybridized carbons (Fsp3) is 0.125. The Bertz CT molecular complexity index is 723.